The molecule has 2 aliphatic heterocycles. The molecular formula is C20H29N7. The van der Waals surface area contributed by atoms with Crippen LogP contribution in [0.1, 0.15) is 42.6 Å². The number of hydrazine groups is 1. The lowest BCUT2D eigenvalue weighted by Crippen LogP contribution is -2.46. The number of piperidine rings is 1. The van der Waals surface area contributed by atoms with Gasteiger partial charge in [-0.05, 0) is 49.6 Å². The Hall–Kier alpha value is -2.06. The van der Waals surface area contributed by atoms with Gasteiger partial charge in [-0.1, -0.05) is 12.1 Å². The molecule has 0 spiro atoms. The normalized spacial score (nSPS) is 27.3. The molecule has 0 amide bonds. The Morgan fingerprint density at radius 1 is 1.15 bits per heavy atom. The summed E-state index contributed by atoms with van der Waals surface area (Å²) in [5.74, 6) is 1.42. The van der Waals surface area contributed by atoms with Crippen molar-refractivity contribution in [2.45, 2.75) is 37.4 Å². The number of unbranched alkanes of at least 4 members (excludes halogenated alkanes) is 1. The molecule has 27 heavy (non-hydrogen) atoms. The first kappa shape index (κ1) is 18.3. The van der Waals surface area contributed by atoms with Gasteiger partial charge >= 0.3 is 0 Å². The zero-order valence-corrected chi connectivity index (χ0v) is 15.6. The zero-order valence-electron chi connectivity index (χ0n) is 15.6. The lowest BCUT2D eigenvalue weighted by molar-refractivity contribution is 0.265. The summed E-state index contributed by atoms with van der Waals surface area (Å²) in [5.41, 5.74) is 14.8. The molecule has 2 aliphatic rings. The molecule has 2 saturated heterocycles. The number of anilines is 1. The molecule has 4 unspecified atom stereocenters. The van der Waals surface area contributed by atoms with Gasteiger partial charge in [-0.3, -0.25) is 10.4 Å². The van der Waals surface area contributed by atoms with E-state index in [0.717, 1.165) is 50.4 Å². The molecule has 144 valence electrons. The van der Waals surface area contributed by atoms with Crippen molar-refractivity contribution in [2.24, 2.45) is 11.7 Å². The van der Waals surface area contributed by atoms with Crippen LogP contribution in [0, 0.1) is 5.92 Å². The second-order valence-corrected chi connectivity index (χ2v) is 7.39. The van der Waals surface area contributed by atoms with E-state index in [0.29, 0.717) is 18.0 Å². The van der Waals surface area contributed by atoms with Crippen LogP contribution in [0.25, 0.3) is 0 Å². The van der Waals surface area contributed by atoms with Crippen LogP contribution >= 0.6 is 0 Å². The van der Waals surface area contributed by atoms with Gasteiger partial charge < -0.3 is 16.4 Å². The molecule has 0 bridgehead atoms. The van der Waals surface area contributed by atoms with Gasteiger partial charge in [0.25, 0.3) is 0 Å². The van der Waals surface area contributed by atoms with E-state index in [1.54, 1.807) is 0 Å². The molecule has 0 radical (unpaired) electrons. The number of nitrogens with two attached hydrogens (primary N) is 1. The fraction of sp³-hybridized carbons (Fsp3) is 0.500. The van der Waals surface area contributed by atoms with Crippen molar-refractivity contribution in [1.29, 1.82) is 0 Å². The Morgan fingerprint density at radius 2 is 2.11 bits per heavy atom. The van der Waals surface area contributed by atoms with E-state index in [1.165, 1.54) is 5.56 Å². The number of nitrogens with zero attached hydrogens (tertiary/aromatic N) is 2. The minimum absolute atomic E-state index is 0.210. The van der Waals surface area contributed by atoms with Crippen molar-refractivity contribution in [3.05, 3.63) is 54.0 Å². The van der Waals surface area contributed by atoms with Gasteiger partial charge in [-0.15, -0.1) is 0 Å². The van der Waals surface area contributed by atoms with Crippen LogP contribution in [0.4, 0.5) is 5.82 Å². The molecule has 4 rings (SSSR count). The van der Waals surface area contributed by atoms with Crippen molar-refractivity contribution >= 4 is 5.82 Å². The highest BCUT2D eigenvalue weighted by Gasteiger charge is 2.41. The van der Waals surface area contributed by atoms with Gasteiger partial charge in [0.05, 0.1) is 11.7 Å². The van der Waals surface area contributed by atoms with Crippen molar-refractivity contribution in [2.75, 3.05) is 25.0 Å². The monoisotopic (exact) mass is 367 g/mol. The van der Waals surface area contributed by atoms with Gasteiger partial charge in [-0.2, -0.15) is 0 Å². The predicted octanol–water partition coefficient (Wildman–Crippen LogP) is 1.50. The van der Waals surface area contributed by atoms with Gasteiger partial charge in [0.2, 0.25) is 0 Å². The van der Waals surface area contributed by atoms with E-state index in [2.05, 4.69) is 44.7 Å². The van der Waals surface area contributed by atoms with Crippen LogP contribution in [0.5, 0.6) is 0 Å². The van der Waals surface area contributed by atoms with Gasteiger partial charge in [0.1, 0.15) is 5.82 Å². The smallest absolute Gasteiger partial charge is 0.126 e. The SMILES string of the molecule is NCCCCNc1cccc(C2NNC3CNC(c4cccnc4)CC32)n1. The Balaban J connectivity index is 1.44. The van der Waals surface area contributed by atoms with Gasteiger partial charge in [0.15, 0.2) is 0 Å². The quantitative estimate of drug-likeness (QED) is 0.473. The van der Waals surface area contributed by atoms with Crippen LogP contribution in [0.3, 0.4) is 0 Å². The molecule has 6 N–H and O–H groups in total. The molecule has 2 aromatic rings. The maximum atomic E-state index is 5.56. The molecule has 7 heteroatoms. The average molecular weight is 368 g/mol. The lowest BCUT2D eigenvalue weighted by Gasteiger charge is -2.34. The van der Waals surface area contributed by atoms with Gasteiger partial charge in [-0.25, -0.2) is 10.4 Å². The van der Waals surface area contributed by atoms with Crippen molar-refractivity contribution in [1.82, 2.24) is 26.1 Å². The number of hydrogen-bond acceptors (Lipinski definition) is 7. The van der Waals surface area contributed by atoms with E-state index in [-0.39, 0.29) is 6.04 Å². The molecule has 7 nitrogen and oxygen atoms in total. The summed E-state index contributed by atoms with van der Waals surface area (Å²) in [4.78, 5) is 9.14. The fourth-order valence-electron chi connectivity index (χ4n) is 4.11. The van der Waals surface area contributed by atoms with Crippen molar-refractivity contribution in [3.8, 4) is 0 Å². The number of pyridine rings is 2. The Bertz CT molecular complexity index is 723. The Morgan fingerprint density at radius 3 is 2.96 bits per heavy atom. The molecule has 4 atom stereocenters. The number of aromatic nitrogens is 2. The maximum absolute atomic E-state index is 5.56. The molecule has 0 saturated carbocycles. The molecule has 2 fully saturated rings. The molecule has 2 aromatic heterocycles. The summed E-state index contributed by atoms with van der Waals surface area (Å²) in [5, 5.41) is 7.06. The predicted molar refractivity (Wildman–Crippen MR) is 107 cm³/mol. The van der Waals surface area contributed by atoms with Crippen LogP contribution in [-0.4, -0.2) is 35.6 Å². The number of hydrogen-bond donors (Lipinski definition) is 5. The summed E-state index contributed by atoms with van der Waals surface area (Å²) in [6.07, 6.45) is 6.94. The summed E-state index contributed by atoms with van der Waals surface area (Å²) < 4.78 is 0. The molecule has 0 aromatic carbocycles. The minimum atomic E-state index is 0.210. The second kappa shape index (κ2) is 8.75. The molecular weight excluding hydrogens is 338 g/mol. The summed E-state index contributed by atoms with van der Waals surface area (Å²) >= 11 is 0. The highest BCUT2D eigenvalue weighted by Crippen LogP contribution is 2.37. The minimum Gasteiger partial charge on any atom is -0.370 e. The number of nitrogens with one attached hydrogen (secondary N) is 4. The van der Waals surface area contributed by atoms with E-state index < -0.39 is 0 Å². The third kappa shape index (κ3) is 4.27. The lowest BCUT2D eigenvalue weighted by atomic mass is 9.81. The first-order valence-corrected chi connectivity index (χ1v) is 9.90. The zero-order chi connectivity index (χ0) is 18.5. The summed E-state index contributed by atoms with van der Waals surface area (Å²) in [7, 11) is 0. The van der Waals surface area contributed by atoms with E-state index in [1.807, 2.05) is 24.5 Å². The Kier molecular flexibility index (Phi) is 5.94. The van der Waals surface area contributed by atoms with Crippen LogP contribution < -0.4 is 27.2 Å². The number of fused-ring (bicyclic) bond motifs is 1. The van der Waals surface area contributed by atoms with E-state index in [9.17, 15) is 0 Å². The second-order valence-electron chi connectivity index (χ2n) is 7.39. The summed E-state index contributed by atoms with van der Waals surface area (Å²) in [6.45, 7) is 2.58. The third-order valence-corrected chi connectivity index (χ3v) is 5.57. The van der Waals surface area contributed by atoms with Crippen molar-refractivity contribution in [3.63, 3.8) is 0 Å². The van der Waals surface area contributed by atoms with Crippen LogP contribution in [-0.2, 0) is 0 Å². The first-order valence-electron chi connectivity index (χ1n) is 9.90. The standard InChI is InChI=1S/C20H29N7/c21-8-1-2-10-23-19-7-3-6-16(25-19)20-15-11-17(14-5-4-9-22-12-14)24-13-18(15)26-27-20/h3-7,9,12,15,17-18,20,24,26-27H,1-2,8,10-11,13,21H2,(H,23,25). The highest BCUT2D eigenvalue weighted by atomic mass is 15.4. The average Bonchev–Trinajstić information content (AvgIpc) is 3.15. The number of rotatable bonds is 7. The molecule has 4 heterocycles. The highest BCUT2D eigenvalue weighted by molar-refractivity contribution is 5.36. The largest absolute Gasteiger partial charge is 0.370 e. The van der Waals surface area contributed by atoms with Crippen molar-refractivity contribution < 1.29 is 0 Å². The van der Waals surface area contributed by atoms with Crippen LogP contribution in [0.2, 0.25) is 0 Å². The molecule has 0 aliphatic carbocycles. The van der Waals surface area contributed by atoms with E-state index >= 15 is 0 Å². The summed E-state index contributed by atoms with van der Waals surface area (Å²) in [6, 6.07) is 11.4. The topological polar surface area (TPSA) is 99.9 Å². The third-order valence-electron chi connectivity index (χ3n) is 5.57. The fourth-order valence-corrected chi connectivity index (χ4v) is 4.11. The first-order chi connectivity index (χ1) is 13.3. The van der Waals surface area contributed by atoms with Crippen LogP contribution in [0.15, 0.2) is 42.7 Å². The Labute approximate surface area is 160 Å². The van der Waals surface area contributed by atoms with E-state index in [4.69, 9.17) is 10.7 Å². The maximum Gasteiger partial charge on any atom is 0.126 e. The van der Waals surface area contributed by atoms with Gasteiger partial charge in [0, 0.05) is 43.5 Å².